The zero-order chi connectivity index (χ0) is 10.7. The quantitative estimate of drug-likeness (QED) is 0.786. The van der Waals surface area contributed by atoms with Crippen LogP contribution >= 0.6 is 0 Å². The van der Waals surface area contributed by atoms with Gasteiger partial charge in [-0.25, -0.2) is 4.39 Å². The largest absolute Gasteiger partial charge is 0.314 e. The van der Waals surface area contributed by atoms with E-state index < -0.39 is 5.67 Å². The molecule has 1 aromatic rings. The second-order valence-electron chi connectivity index (χ2n) is 4.63. The third-order valence-electron chi connectivity index (χ3n) is 3.32. The van der Waals surface area contributed by atoms with E-state index in [0.717, 1.165) is 19.4 Å². The van der Waals surface area contributed by atoms with Gasteiger partial charge >= 0.3 is 0 Å². The van der Waals surface area contributed by atoms with Crippen LogP contribution in [0.25, 0.3) is 0 Å². The Morgan fingerprint density at radius 3 is 2.80 bits per heavy atom. The Bertz CT molecular complexity index is 308. The molecular weight excluding hydrogens is 189 g/mol. The highest BCUT2D eigenvalue weighted by Crippen LogP contribution is 2.30. The molecule has 1 aliphatic heterocycles. The number of hydrogen-bond donors (Lipinski definition) is 1. The summed E-state index contributed by atoms with van der Waals surface area (Å²) in [5, 5.41) is 3.12. The minimum absolute atomic E-state index is 0.154. The molecule has 82 valence electrons. The van der Waals surface area contributed by atoms with Crippen LogP contribution in [0, 0.1) is 5.92 Å². The van der Waals surface area contributed by atoms with Gasteiger partial charge in [0.1, 0.15) is 5.67 Å². The lowest BCUT2D eigenvalue weighted by atomic mass is 9.81. The zero-order valence-electron chi connectivity index (χ0n) is 9.17. The molecule has 2 rings (SSSR count). The molecule has 1 heterocycles. The normalized spacial score (nSPS) is 31.5. The lowest BCUT2D eigenvalue weighted by Gasteiger charge is -2.35. The van der Waals surface area contributed by atoms with Gasteiger partial charge in [0.15, 0.2) is 0 Å². The van der Waals surface area contributed by atoms with Gasteiger partial charge in [0.2, 0.25) is 0 Å². The Kier molecular flexibility index (Phi) is 3.06. The molecule has 0 radical (unpaired) electrons. The van der Waals surface area contributed by atoms with Crippen molar-refractivity contribution in [1.82, 2.24) is 5.32 Å². The predicted octanol–water partition coefficient (Wildman–Crippen LogP) is 2.57. The summed E-state index contributed by atoms with van der Waals surface area (Å²) in [6.45, 7) is 3.15. The molecule has 0 spiro atoms. The highest BCUT2D eigenvalue weighted by molar-refractivity contribution is 5.16. The van der Waals surface area contributed by atoms with Crippen LogP contribution in [0.15, 0.2) is 30.3 Å². The molecule has 1 N–H and O–H groups in total. The molecule has 0 bridgehead atoms. The van der Waals surface area contributed by atoms with Crippen molar-refractivity contribution >= 4 is 0 Å². The van der Waals surface area contributed by atoms with Crippen molar-refractivity contribution in [3.8, 4) is 0 Å². The lowest BCUT2D eigenvalue weighted by molar-refractivity contribution is 0.0712. The number of alkyl halides is 1. The molecule has 0 aromatic heterocycles. The van der Waals surface area contributed by atoms with Gasteiger partial charge in [0.05, 0.1) is 0 Å². The molecule has 1 saturated heterocycles. The molecule has 1 nitrogen and oxygen atoms in total. The average Bonchev–Trinajstić information content (AvgIpc) is 2.23. The minimum Gasteiger partial charge on any atom is -0.314 e. The van der Waals surface area contributed by atoms with Crippen LogP contribution in [0.5, 0.6) is 0 Å². The lowest BCUT2D eigenvalue weighted by Crippen LogP contribution is -2.47. The molecule has 1 aliphatic rings. The van der Waals surface area contributed by atoms with Gasteiger partial charge in [0.25, 0.3) is 0 Å². The van der Waals surface area contributed by atoms with Gasteiger partial charge < -0.3 is 5.32 Å². The van der Waals surface area contributed by atoms with E-state index >= 15 is 0 Å². The van der Waals surface area contributed by atoms with E-state index in [4.69, 9.17) is 0 Å². The Morgan fingerprint density at radius 1 is 1.40 bits per heavy atom. The molecular formula is C13H18FN. The van der Waals surface area contributed by atoms with E-state index in [9.17, 15) is 4.39 Å². The molecule has 2 heteroatoms. The Balaban J connectivity index is 2.05. The van der Waals surface area contributed by atoms with Gasteiger partial charge in [-0.1, -0.05) is 30.3 Å². The van der Waals surface area contributed by atoms with Crippen molar-refractivity contribution in [1.29, 1.82) is 0 Å². The summed E-state index contributed by atoms with van der Waals surface area (Å²) < 4.78 is 14.2. The van der Waals surface area contributed by atoms with E-state index in [1.54, 1.807) is 6.92 Å². The standard InChI is InChI=1S/C13H18FN/c1-13(14)10-15-8-7-12(13)9-11-5-3-2-4-6-11/h2-6,12,15H,7-10H2,1H3. The van der Waals surface area contributed by atoms with Gasteiger partial charge in [-0.15, -0.1) is 0 Å². The first kappa shape index (κ1) is 10.6. The Hall–Kier alpha value is -0.890. The highest BCUT2D eigenvalue weighted by Gasteiger charge is 2.36. The van der Waals surface area contributed by atoms with Gasteiger partial charge in [-0.2, -0.15) is 0 Å². The SMILES string of the molecule is CC1(F)CNCCC1Cc1ccccc1. The molecule has 0 aliphatic carbocycles. The summed E-state index contributed by atoms with van der Waals surface area (Å²) in [7, 11) is 0. The Labute approximate surface area is 90.7 Å². The number of piperidine rings is 1. The Morgan fingerprint density at radius 2 is 2.13 bits per heavy atom. The summed E-state index contributed by atoms with van der Waals surface area (Å²) in [5.41, 5.74) is 0.182. The smallest absolute Gasteiger partial charge is 0.123 e. The number of benzene rings is 1. The van der Waals surface area contributed by atoms with Gasteiger partial charge in [-0.05, 0) is 37.8 Å². The first-order chi connectivity index (χ1) is 7.18. The van der Waals surface area contributed by atoms with Crippen molar-refractivity contribution in [2.45, 2.75) is 25.4 Å². The van der Waals surface area contributed by atoms with Crippen molar-refractivity contribution in [3.63, 3.8) is 0 Å². The molecule has 0 saturated carbocycles. The molecule has 2 unspecified atom stereocenters. The summed E-state index contributed by atoms with van der Waals surface area (Å²) in [6.07, 6.45) is 1.79. The van der Waals surface area contributed by atoms with E-state index in [1.165, 1.54) is 5.56 Å². The monoisotopic (exact) mass is 207 g/mol. The van der Waals surface area contributed by atoms with Gasteiger partial charge in [-0.3, -0.25) is 0 Å². The average molecular weight is 207 g/mol. The zero-order valence-corrected chi connectivity index (χ0v) is 9.17. The fourth-order valence-corrected chi connectivity index (χ4v) is 2.27. The minimum atomic E-state index is -1.06. The summed E-state index contributed by atoms with van der Waals surface area (Å²) in [6, 6.07) is 10.2. The number of hydrogen-bond acceptors (Lipinski definition) is 1. The molecule has 1 aromatic carbocycles. The van der Waals surface area contributed by atoms with Crippen molar-refractivity contribution in [2.24, 2.45) is 5.92 Å². The third kappa shape index (κ3) is 2.57. The second kappa shape index (κ2) is 4.31. The molecule has 2 atom stereocenters. The van der Waals surface area contributed by atoms with Crippen molar-refractivity contribution < 1.29 is 4.39 Å². The first-order valence-electron chi connectivity index (χ1n) is 5.62. The summed E-state index contributed by atoms with van der Waals surface area (Å²) in [4.78, 5) is 0. The maximum Gasteiger partial charge on any atom is 0.123 e. The highest BCUT2D eigenvalue weighted by atomic mass is 19.1. The van der Waals surface area contributed by atoms with Crippen LogP contribution in [0.1, 0.15) is 18.9 Å². The van der Waals surface area contributed by atoms with Crippen LogP contribution in [0.3, 0.4) is 0 Å². The van der Waals surface area contributed by atoms with E-state index in [0.29, 0.717) is 6.54 Å². The molecule has 1 fully saturated rings. The van der Waals surface area contributed by atoms with E-state index in [2.05, 4.69) is 17.4 Å². The van der Waals surface area contributed by atoms with E-state index in [1.807, 2.05) is 18.2 Å². The van der Waals surface area contributed by atoms with Crippen molar-refractivity contribution in [2.75, 3.05) is 13.1 Å². The molecule has 15 heavy (non-hydrogen) atoms. The number of nitrogens with one attached hydrogen (secondary N) is 1. The van der Waals surface area contributed by atoms with Crippen LogP contribution < -0.4 is 5.32 Å². The molecule has 0 amide bonds. The predicted molar refractivity (Wildman–Crippen MR) is 60.6 cm³/mol. The number of rotatable bonds is 2. The fourth-order valence-electron chi connectivity index (χ4n) is 2.27. The summed E-state index contributed by atoms with van der Waals surface area (Å²) in [5.74, 6) is 0.154. The topological polar surface area (TPSA) is 12.0 Å². The van der Waals surface area contributed by atoms with E-state index in [-0.39, 0.29) is 5.92 Å². The fraction of sp³-hybridized carbons (Fsp3) is 0.538. The van der Waals surface area contributed by atoms with Gasteiger partial charge in [0, 0.05) is 6.54 Å². The van der Waals surface area contributed by atoms with Crippen LogP contribution in [0.4, 0.5) is 4.39 Å². The maximum atomic E-state index is 14.2. The van der Waals surface area contributed by atoms with Crippen LogP contribution in [-0.2, 0) is 6.42 Å². The number of halogens is 1. The first-order valence-corrected chi connectivity index (χ1v) is 5.62. The van der Waals surface area contributed by atoms with Crippen LogP contribution in [0.2, 0.25) is 0 Å². The second-order valence-corrected chi connectivity index (χ2v) is 4.63. The third-order valence-corrected chi connectivity index (χ3v) is 3.32. The van der Waals surface area contributed by atoms with Crippen LogP contribution in [-0.4, -0.2) is 18.8 Å². The van der Waals surface area contributed by atoms with Crippen molar-refractivity contribution in [3.05, 3.63) is 35.9 Å². The maximum absolute atomic E-state index is 14.2. The summed E-state index contributed by atoms with van der Waals surface area (Å²) >= 11 is 0.